The average molecular weight is 221 g/mol. The normalized spacial score (nSPS) is 10.5. The number of anilines is 1. The zero-order valence-electron chi connectivity index (χ0n) is 10.2. The molecule has 16 heavy (non-hydrogen) atoms. The molecule has 0 aliphatic carbocycles. The number of pyridine rings is 1. The molecule has 4 nitrogen and oxygen atoms in total. The van der Waals surface area contributed by atoms with E-state index in [1.807, 2.05) is 13.1 Å². The van der Waals surface area contributed by atoms with Crippen LogP contribution in [0.25, 0.3) is 0 Å². The summed E-state index contributed by atoms with van der Waals surface area (Å²) in [5.41, 5.74) is 0.616. The zero-order valence-corrected chi connectivity index (χ0v) is 10.2. The number of aromatic nitrogens is 1. The van der Waals surface area contributed by atoms with E-state index in [-0.39, 0.29) is 0 Å². The number of carbonyl (C=O) groups excluding carboxylic acids is 1. The molecule has 0 atom stereocenters. The van der Waals surface area contributed by atoms with Gasteiger partial charge in [-0.2, -0.15) is 0 Å². The van der Waals surface area contributed by atoms with Gasteiger partial charge < -0.3 is 9.80 Å². The highest BCUT2D eigenvalue weighted by Crippen LogP contribution is 2.08. The fourth-order valence-corrected chi connectivity index (χ4v) is 1.43. The topological polar surface area (TPSA) is 36.4 Å². The molecule has 0 aliphatic heterocycles. The summed E-state index contributed by atoms with van der Waals surface area (Å²) >= 11 is 0. The van der Waals surface area contributed by atoms with Crippen molar-refractivity contribution in [2.75, 3.05) is 39.1 Å². The fourth-order valence-electron chi connectivity index (χ4n) is 1.43. The Morgan fingerprint density at radius 2 is 2.00 bits per heavy atom. The lowest BCUT2D eigenvalue weighted by Gasteiger charge is -2.19. The van der Waals surface area contributed by atoms with Crippen molar-refractivity contribution in [1.29, 1.82) is 0 Å². The quantitative estimate of drug-likeness (QED) is 0.678. The van der Waals surface area contributed by atoms with Gasteiger partial charge >= 0.3 is 0 Å². The van der Waals surface area contributed by atoms with Crippen LogP contribution in [0.3, 0.4) is 0 Å². The van der Waals surface area contributed by atoms with Crippen LogP contribution in [0.1, 0.15) is 16.8 Å². The van der Waals surface area contributed by atoms with Gasteiger partial charge in [-0.3, -0.25) is 4.79 Å². The monoisotopic (exact) mass is 221 g/mol. The minimum Gasteiger partial charge on any atom is -0.360 e. The minimum absolute atomic E-state index is 0.616. The van der Waals surface area contributed by atoms with E-state index < -0.39 is 0 Å². The number of rotatable bonds is 6. The summed E-state index contributed by atoms with van der Waals surface area (Å²) in [5, 5.41) is 0. The van der Waals surface area contributed by atoms with Gasteiger partial charge in [-0.25, -0.2) is 4.98 Å². The second-order valence-corrected chi connectivity index (χ2v) is 4.15. The maximum absolute atomic E-state index is 10.5. The Balaban J connectivity index is 2.46. The maximum Gasteiger partial charge on any atom is 0.151 e. The second kappa shape index (κ2) is 6.23. The first kappa shape index (κ1) is 12.6. The molecule has 0 unspecified atom stereocenters. The van der Waals surface area contributed by atoms with Crippen LogP contribution < -0.4 is 4.90 Å². The van der Waals surface area contributed by atoms with Crippen LogP contribution in [0.2, 0.25) is 0 Å². The molecule has 1 aromatic rings. The van der Waals surface area contributed by atoms with Crippen LogP contribution in [0.15, 0.2) is 18.3 Å². The van der Waals surface area contributed by atoms with Gasteiger partial charge in [0, 0.05) is 25.4 Å². The Labute approximate surface area is 96.9 Å². The van der Waals surface area contributed by atoms with E-state index >= 15 is 0 Å². The molecule has 0 N–H and O–H groups in total. The van der Waals surface area contributed by atoms with Gasteiger partial charge in [-0.15, -0.1) is 0 Å². The van der Waals surface area contributed by atoms with Crippen molar-refractivity contribution in [3.05, 3.63) is 23.9 Å². The van der Waals surface area contributed by atoms with E-state index in [1.165, 1.54) is 0 Å². The highest BCUT2D eigenvalue weighted by molar-refractivity contribution is 5.74. The summed E-state index contributed by atoms with van der Waals surface area (Å²) in [6.45, 7) is 2.03. The number of nitrogens with zero attached hydrogens (tertiary/aromatic N) is 3. The molecular formula is C12H19N3O. The predicted molar refractivity (Wildman–Crippen MR) is 66.1 cm³/mol. The van der Waals surface area contributed by atoms with E-state index in [0.29, 0.717) is 5.56 Å². The van der Waals surface area contributed by atoms with E-state index in [2.05, 4.69) is 28.9 Å². The first-order valence-corrected chi connectivity index (χ1v) is 5.40. The largest absolute Gasteiger partial charge is 0.360 e. The number of carbonyl (C=O) groups is 1. The van der Waals surface area contributed by atoms with Crippen LogP contribution >= 0.6 is 0 Å². The molecule has 0 saturated carbocycles. The minimum atomic E-state index is 0.616. The highest BCUT2D eigenvalue weighted by atomic mass is 16.1. The first-order valence-electron chi connectivity index (χ1n) is 5.40. The van der Waals surface area contributed by atoms with Crippen molar-refractivity contribution in [3.63, 3.8) is 0 Å². The number of hydrogen-bond acceptors (Lipinski definition) is 4. The van der Waals surface area contributed by atoms with Crippen LogP contribution in [0, 0.1) is 0 Å². The molecule has 0 spiro atoms. The summed E-state index contributed by atoms with van der Waals surface area (Å²) < 4.78 is 0. The molecule has 0 radical (unpaired) electrons. The van der Waals surface area contributed by atoms with Crippen molar-refractivity contribution < 1.29 is 4.79 Å². The SMILES string of the molecule is CN(C)CCCN(C)c1ccc(C=O)cn1. The van der Waals surface area contributed by atoms with Gasteiger partial charge in [0.25, 0.3) is 0 Å². The van der Waals surface area contributed by atoms with Crippen molar-refractivity contribution in [2.24, 2.45) is 0 Å². The Bertz CT molecular complexity index is 322. The fraction of sp³-hybridized carbons (Fsp3) is 0.500. The van der Waals surface area contributed by atoms with Crippen molar-refractivity contribution in [3.8, 4) is 0 Å². The molecule has 0 bridgehead atoms. The molecular weight excluding hydrogens is 202 g/mol. The van der Waals surface area contributed by atoms with Crippen LogP contribution in [0.5, 0.6) is 0 Å². The van der Waals surface area contributed by atoms with E-state index in [1.54, 1.807) is 12.3 Å². The molecule has 0 aliphatic rings. The van der Waals surface area contributed by atoms with E-state index in [0.717, 1.165) is 31.6 Å². The Morgan fingerprint density at radius 3 is 2.50 bits per heavy atom. The lowest BCUT2D eigenvalue weighted by molar-refractivity contribution is 0.112. The van der Waals surface area contributed by atoms with Crippen molar-refractivity contribution in [1.82, 2.24) is 9.88 Å². The second-order valence-electron chi connectivity index (χ2n) is 4.15. The summed E-state index contributed by atoms with van der Waals surface area (Å²) in [7, 11) is 6.15. The molecule has 0 amide bonds. The molecule has 0 saturated heterocycles. The number of aldehydes is 1. The van der Waals surface area contributed by atoms with E-state index in [9.17, 15) is 4.79 Å². The molecule has 88 valence electrons. The smallest absolute Gasteiger partial charge is 0.151 e. The molecule has 0 fully saturated rings. The standard InChI is InChI=1S/C12H19N3O/c1-14(2)7-4-8-15(3)12-6-5-11(10-16)9-13-12/h5-6,9-10H,4,7-8H2,1-3H3. The lowest BCUT2D eigenvalue weighted by atomic mass is 10.3. The molecule has 1 rings (SSSR count). The Kier molecular flexibility index (Phi) is 4.92. The third-order valence-electron chi connectivity index (χ3n) is 2.40. The van der Waals surface area contributed by atoms with Gasteiger partial charge in [0.15, 0.2) is 6.29 Å². The van der Waals surface area contributed by atoms with Gasteiger partial charge in [0.05, 0.1) is 0 Å². The Hall–Kier alpha value is -1.42. The summed E-state index contributed by atoms with van der Waals surface area (Å²) in [4.78, 5) is 19.0. The average Bonchev–Trinajstić information content (AvgIpc) is 2.28. The lowest BCUT2D eigenvalue weighted by Crippen LogP contribution is -2.23. The Morgan fingerprint density at radius 1 is 1.25 bits per heavy atom. The molecule has 1 heterocycles. The third kappa shape index (κ3) is 3.98. The van der Waals surface area contributed by atoms with Gasteiger partial charge in [-0.1, -0.05) is 0 Å². The predicted octanol–water partition coefficient (Wildman–Crippen LogP) is 1.28. The van der Waals surface area contributed by atoms with Crippen LogP contribution in [-0.4, -0.2) is 50.4 Å². The zero-order chi connectivity index (χ0) is 12.0. The summed E-state index contributed by atoms with van der Waals surface area (Å²) in [6, 6.07) is 3.66. The molecule has 1 aromatic heterocycles. The molecule has 4 heteroatoms. The maximum atomic E-state index is 10.5. The first-order chi connectivity index (χ1) is 7.63. The molecule has 0 aromatic carbocycles. The van der Waals surface area contributed by atoms with Gasteiger partial charge in [0.2, 0.25) is 0 Å². The van der Waals surface area contributed by atoms with Crippen molar-refractivity contribution in [2.45, 2.75) is 6.42 Å². The van der Waals surface area contributed by atoms with E-state index in [4.69, 9.17) is 0 Å². The summed E-state index contributed by atoms with van der Waals surface area (Å²) in [5.74, 6) is 0.907. The van der Waals surface area contributed by atoms with Gasteiger partial charge in [0.1, 0.15) is 5.82 Å². The van der Waals surface area contributed by atoms with Gasteiger partial charge in [-0.05, 0) is 39.2 Å². The highest BCUT2D eigenvalue weighted by Gasteiger charge is 2.02. The van der Waals surface area contributed by atoms with Crippen LogP contribution in [-0.2, 0) is 0 Å². The third-order valence-corrected chi connectivity index (χ3v) is 2.40. The van der Waals surface area contributed by atoms with Crippen LogP contribution in [0.4, 0.5) is 5.82 Å². The summed E-state index contributed by atoms with van der Waals surface area (Å²) in [6.07, 6.45) is 3.51. The number of hydrogen-bond donors (Lipinski definition) is 0. The van der Waals surface area contributed by atoms with Crippen molar-refractivity contribution >= 4 is 12.1 Å².